The summed E-state index contributed by atoms with van der Waals surface area (Å²) in [6.07, 6.45) is 7.20. The third-order valence-corrected chi connectivity index (χ3v) is 3.13. The molecule has 0 saturated carbocycles. The van der Waals surface area contributed by atoms with Crippen LogP contribution in [-0.2, 0) is 19.1 Å². The van der Waals surface area contributed by atoms with E-state index in [1.807, 2.05) is 6.92 Å². The zero-order valence-corrected chi connectivity index (χ0v) is 13.3. The zero-order valence-electron chi connectivity index (χ0n) is 13.3. The number of unbranched alkanes of at least 4 members (excludes halogenated alkanes) is 4. The van der Waals surface area contributed by atoms with Crippen molar-refractivity contribution < 1.29 is 19.1 Å². The third-order valence-electron chi connectivity index (χ3n) is 3.13. The summed E-state index contributed by atoms with van der Waals surface area (Å²) >= 11 is 0. The molecule has 0 radical (unpaired) electrons. The molecule has 0 fully saturated rings. The molecule has 0 aliphatic rings. The number of hydrogen-bond donors (Lipinski definition) is 0. The standard InChI is InChI=1S/C16H30O4/c1-4-7-9-12-19-15(17)14(11-6-3)16(18)20-13-10-8-5-2/h14H,4-13H2,1-3H3. The van der Waals surface area contributed by atoms with Gasteiger partial charge in [-0.25, -0.2) is 0 Å². The van der Waals surface area contributed by atoms with Gasteiger partial charge in [0.25, 0.3) is 0 Å². The Balaban J connectivity index is 4.10. The Morgan fingerprint density at radius 1 is 0.750 bits per heavy atom. The first-order chi connectivity index (χ1) is 9.67. The van der Waals surface area contributed by atoms with Crippen molar-refractivity contribution in [3.8, 4) is 0 Å². The van der Waals surface area contributed by atoms with Crippen molar-refractivity contribution >= 4 is 11.9 Å². The molecule has 0 atom stereocenters. The molecule has 0 rings (SSSR count). The zero-order chi connectivity index (χ0) is 15.2. The normalized spacial score (nSPS) is 10.6. The van der Waals surface area contributed by atoms with Crippen molar-refractivity contribution in [3.05, 3.63) is 0 Å². The van der Waals surface area contributed by atoms with Crippen LogP contribution >= 0.6 is 0 Å². The Kier molecular flexibility index (Phi) is 12.3. The van der Waals surface area contributed by atoms with Crippen LogP contribution < -0.4 is 0 Å². The molecule has 4 nitrogen and oxygen atoms in total. The van der Waals surface area contributed by atoms with Gasteiger partial charge in [-0.2, -0.15) is 0 Å². The lowest BCUT2D eigenvalue weighted by molar-refractivity contribution is -0.162. The lowest BCUT2D eigenvalue weighted by Crippen LogP contribution is -2.28. The van der Waals surface area contributed by atoms with Crippen molar-refractivity contribution in [2.45, 2.75) is 72.1 Å². The van der Waals surface area contributed by atoms with Gasteiger partial charge in [0.15, 0.2) is 5.92 Å². The first-order valence-electron chi connectivity index (χ1n) is 8.00. The predicted molar refractivity (Wildman–Crippen MR) is 79.4 cm³/mol. The van der Waals surface area contributed by atoms with Crippen molar-refractivity contribution in [1.82, 2.24) is 0 Å². The van der Waals surface area contributed by atoms with Crippen LogP contribution in [0, 0.1) is 5.92 Å². The van der Waals surface area contributed by atoms with E-state index in [0.29, 0.717) is 19.6 Å². The summed E-state index contributed by atoms with van der Waals surface area (Å²) < 4.78 is 10.3. The lowest BCUT2D eigenvalue weighted by Gasteiger charge is -2.14. The first-order valence-corrected chi connectivity index (χ1v) is 8.00. The van der Waals surface area contributed by atoms with Gasteiger partial charge in [0.2, 0.25) is 0 Å². The molecule has 0 saturated heterocycles. The Morgan fingerprint density at radius 3 is 1.55 bits per heavy atom. The Hall–Kier alpha value is -1.06. The average molecular weight is 286 g/mol. The summed E-state index contributed by atoms with van der Waals surface area (Å²) in [5, 5.41) is 0. The maximum Gasteiger partial charge on any atom is 0.320 e. The molecule has 118 valence electrons. The van der Waals surface area contributed by atoms with Gasteiger partial charge in [-0.1, -0.05) is 52.9 Å². The smallest absolute Gasteiger partial charge is 0.320 e. The van der Waals surface area contributed by atoms with Gasteiger partial charge in [0.1, 0.15) is 0 Å². The molecule has 4 heteroatoms. The van der Waals surface area contributed by atoms with Gasteiger partial charge in [-0.3, -0.25) is 9.59 Å². The molecular formula is C16H30O4. The Labute approximate surface area is 123 Å². The topological polar surface area (TPSA) is 52.6 Å². The Bertz CT molecular complexity index is 239. The second-order valence-corrected chi connectivity index (χ2v) is 5.09. The van der Waals surface area contributed by atoms with Gasteiger partial charge in [0, 0.05) is 0 Å². The number of esters is 2. The maximum absolute atomic E-state index is 11.9. The molecule has 0 unspecified atom stereocenters. The highest BCUT2D eigenvalue weighted by Gasteiger charge is 2.28. The molecule has 0 bridgehead atoms. The number of carbonyl (C=O) groups excluding carboxylic acids is 2. The minimum absolute atomic E-state index is 0.399. The van der Waals surface area contributed by atoms with Crippen LogP contribution in [0.25, 0.3) is 0 Å². The summed E-state index contributed by atoms with van der Waals surface area (Å²) in [4.78, 5) is 23.8. The summed E-state index contributed by atoms with van der Waals surface area (Å²) in [7, 11) is 0. The van der Waals surface area contributed by atoms with E-state index in [9.17, 15) is 9.59 Å². The van der Waals surface area contributed by atoms with Crippen LogP contribution in [0.2, 0.25) is 0 Å². The van der Waals surface area contributed by atoms with Gasteiger partial charge in [-0.05, 0) is 19.3 Å². The molecule has 0 aromatic carbocycles. The molecule has 0 heterocycles. The van der Waals surface area contributed by atoms with E-state index in [-0.39, 0.29) is 0 Å². The van der Waals surface area contributed by atoms with E-state index in [2.05, 4.69) is 13.8 Å². The van der Waals surface area contributed by atoms with Crippen LogP contribution in [0.15, 0.2) is 0 Å². The van der Waals surface area contributed by atoms with Crippen LogP contribution in [0.5, 0.6) is 0 Å². The van der Waals surface area contributed by atoms with E-state index < -0.39 is 17.9 Å². The summed E-state index contributed by atoms with van der Waals surface area (Å²) in [6.45, 7) is 6.93. The second-order valence-electron chi connectivity index (χ2n) is 5.09. The van der Waals surface area contributed by atoms with Gasteiger partial charge < -0.3 is 9.47 Å². The average Bonchev–Trinajstić information content (AvgIpc) is 2.45. The lowest BCUT2D eigenvalue weighted by atomic mass is 10.0. The number of hydrogen-bond acceptors (Lipinski definition) is 4. The molecule has 0 N–H and O–H groups in total. The van der Waals surface area contributed by atoms with Crippen LogP contribution in [-0.4, -0.2) is 25.2 Å². The van der Waals surface area contributed by atoms with Gasteiger partial charge in [-0.15, -0.1) is 0 Å². The Morgan fingerprint density at radius 2 is 1.20 bits per heavy atom. The molecule has 0 aliphatic heterocycles. The van der Waals surface area contributed by atoms with E-state index in [4.69, 9.17) is 9.47 Å². The molecule has 0 spiro atoms. The summed E-state index contributed by atoms with van der Waals surface area (Å²) in [5.41, 5.74) is 0. The molecule has 0 amide bonds. The quantitative estimate of drug-likeness (QED) is 0.310. The fourth-order valence-electron chi connectivity index (χ4n) is 1.87. The van der Waals surface area contributed by atoms with Crippen LogP contribution in [0.4, 0.5) is 0 Å². The van der Waals surface area contributed by atoms with E-state index in [1.165, 1.54) is 0 Å². The van der Waals surface area contributed by atoms with Gasteiger partial charge in [0.05, 0.1) is 13.2 Å². The SMILES string of the molecule is CCCCCOC(=O)C(CCC)C(=O)OCCCCC. The predicted octanol–water partition coefficient (Wildman–Crippen LogP) is 3.87. The fourth-order valence-corrected chi connectivity index (χ4v) is 1.87. The van der Waals surface area contributed by atoms with E-state index in [1.54, 1.807) is 0 Å². The van der Waals surface area contributed by atoms with Crippen molar-refractivity contribution in [1.29, 1.82) is 0 Å². The molecule has 0 aliphatic carbocycles. The van der Waals surface area contributed by atoms with Gasteiger partial charge >= 0.3 is 11.9 Å². The molecule has 20 heavy (non-hydrogen) atoms. The molecule has 0 aromatic rings. The summed E-state index contributed by atoms with van der Waals surface area (Å²) in [6, 6.07) is 0. The van der Waals surface area contributed by atoms with Crippen molar-refractivity contribution in [2.75, 3.05) is 13.2 Å². The molecular weight excluding hydrogens is 256 g/mol. The largest absolute Gasteiger partial charge is 0.465 e. The molecule has 0 aromatic heterocycles. The van der Waals surface area contributed by atoms with Crippen LogP contribution in [0.3, 0.4) is 0 Å². The number of rotatable bonds is 12. The highest BCUT2D eigenvalue weighted by Crippen LogP contribution is 2.12. The van der Waals surface area contributed by atoms with E-state index in [0.717, 1.165) is 44.9 Å². The third kappa shape index (κ3) is 8.94. The maximum atomic E-state index is 11.9. The minimum atomic E-state index is -0.747. The minimum Gasteiger partial charge on any atom is -0.465 e. The highest BCUT2D eigenvalue weighted by molar-refractivity contribution is 5.94. The van der Waals surface area contributed by atoms with Crippen molar-refractivity contribution in [2.24, 2.45) is 5.92 Å². The first kappa shape index (κ1) is 18.9. The number of ether oxygens (including phenoxy) is 2. The van der Waals surface area contributed by atoms with E-state index >= 15 is 0 Å². The van der Waals surface area contributed by atoms with Crippen LogP contribution in [0.1, 0.15) is 72.1 Å². The monoisotopic (exact) mass is 286 g/mol. The fraction of sp³-hybridized carbons (Fsp3) is 0.875. The number of carbonyl (C=O) groups is 2. The second kappa shape index (κ2) is 12.9. The summed E-state index contributed by atoms with van der Waals surface area (Å²) in [5.74, 6) is -1.60. The highest BCUT2D eigenvalue weighted by atomic mass is 16.6. The van der Waals surface area contributed by atoms with Crippen molar-refractivity contribution in [3.63, 3.8) is 0 Å².